The van der Waals surface area contributed by atoms with E-state index in [2.05, 4.69) is 46.7 Å². The molecule has 3 heterocycles. The topological polar surface area (TPSA) is 50.6 Å². The maximum Gasteiger partial charge on any atom is 0.273 e. The van der Waals surface area contributed by atoms with Gasteiger partial charge in [0, 0.05) is 62.7 Å². The number of hydrogen-bond acceptors (Lipinski definition) is 5. The SMILES string of the molecule is CCCn1c(-c2nc(C(=O)N3CCN(CCOC)CC3)cs2)cc2ccccc21. The van der Waals surface area contributed by atoms with Gasteiger partial charge in [0.2, 0.25) is 0 Å². The number of benzene rings is 1. The molecule has 7 heteroatoms. The predicted molar refractivity (Wildman–Crippen MR) is 118 cm³/mol. The zero-order valence-electron chi connectivity index (χ0n) is 17.1. The first-order chi connectivity index (χ1) is 14.2. The average Bonchev–Trinajstić information content (AvgIpc) is 3.38. The summed E-state index contributed by atoms with van der Waals surface area (Å²) < 4.78 is 7.47. The molecule has 1 aliphatic heterocycles. The molecule has 1 fully saturated rings. The monoisotopic (exact) mass is 412 g/mol. The number of nitrogens with zero attached hydrogens (tertiary/aromatic N) is 4. The van der Waals surface area contributed by atoms with Crippen molar-refractivity contribution in [3.05, 3.63) is 41.4 Å². The van der Waals surface area contributed by atoms with Crippen LogP contribution in [-0.4, -0.2) is 71.7 Å². The van der Waals surface area contributed by atoms with Crippen LogP contribution in [0, 0.1) is 0 Å². The molecule has 1 aliphatic rings. The van der Waals surface area contributed by atoms with Crippen molar-refractivity contribution in [2.24, 2.45) is 0 Å². The molecular weight excluding hydrogens is 384 g/mol. The molecule has 0 aliphatic carbocycles. The third-order valence-electron chi connectivity index (χ3n) is 5.47. The largest absolute Gasteiger partial charge is 0.383 e. The van der Waals surface area contributed by atoms with Crippen LogP contribution in [0.15, 0.2) is 35.7 Å². The van der Waals surface area contributed by atoms with E-state index in [9.17, 15) is 4.79 Å². The number of aryl methyl sites for hydroxylation is 1. The molecule has 0 spiro atoms. The number of rotatable bonds is 7. The zero-order chi connectivity index (χ0) is 20.2. The van der Waals surface area contributed by atoms with E-state index in [0.29, 0.717) is 5.69 Å². The first-order valence-corrected chi connectivity index (χ1v) is 11.1. The number of amides is 1. The number of methoxy groups -OCH3 is 1. The second-order valence-corrected chi connectivity index (χ2v) is 8.26. The number of piperazine rings is 1. The highest BCUT2D eigenvalue weighted by molar-refractivity contribution is 7.13. The summed E-state index contributed by atoms with van der Waals surface area (Å²) in [5, 5.41) is 4.03. The van der Waals surface area contributed by atoms with Crippen molar-refractivity contribution in [1.82, 2.24) is 19.4 Å². The van der Waals surface area contributed by atoms with Gasteiger partial charge in [0.25, 0.3) is 5.91 Å². The van der Waals surface area contributed by atoms with Gasteiger partial charge in [0.15, 0.2) is 0 Å². The van der Waals surface area contributed by atoms with Gasteiger partial charge in [-0.3, -0.25) is 9.69 Å². The lowest BCUT2D eigenvalue weighted by Crippen LogP contribution is -2.49. The molecule has 29 heavy (non-hydrogen) atoms. The third kappa shape index (κ3) is 4.22. The number of ether oxygens (including phenoxy) is 1. The summed E-state index contributed by atoms with van der Waals surface area (Å²) in [5.41, 5.74) is 2.88. The molecule has 0 N–H and O–H groups in total. The fourth-order valence-electron chi connectivity index (χ4n) is 3.90. The van der Waals surface area contributed by atoms with Gasteiger partial charge in [-0.05, 0) is 18.6 Å². The van der Waals surface area contributed by atoms with Crippen LogP contribution in [0.25, 0.3) is 21.6 Å². The smallest absolute Gasteiger partial charge is 0.273 e. The maximum atomic E-state index is 13.0. The van der Waals surface area contributed by atoms with Crippen molar-refractivity contribution in [2.75, 3.05) is 46.4 Å². The van der Waals surface area contributed by atoms with Crippen molar-refractivity contribution in [1.29, 1.82) is 0 Å². The summed E-state index contributed by atoms with van der Waals surface area (Å²) in [6.07, 6.45) is 1.05. The number of para-hydroxylation sites is 1. The third-order valence-corrected chi connectivity index (χ3v) is 6.34. The van der Waals surface area contributed by atoms with Gasteiger partial charge < -0.3 is 14.2 Å². The Morgan fingerprint density at radius 2 is 1.97 bits per heavy atom. The van der Waals surface area contributed by atoms with Crippen LogP contribution in [-0.2, 0) is 11.3 Å². The van der Waals surface area contributed by atoms with Gasteiger partial charge in [0.05, 0.1) is 12.3 Å². The van der Waals surface area contributed by atoms with E-state index in [1.54, 1.807) is 18.4 Å². The molecule has 2 aromatic heterocycles. The van der Waals surface area contributed by atoms with Crippen LogP contribution >= 0.6 is 11.3 Å². The van der Waals surface area contributed by atoms with Crippen molar-refractivity contribution < 1.29 is 9.53 Å². The van der Waals surface area contributed by atoms with Crippen LogP contribution in [0.5, 0.6) is 0 Å². The summed E-state index contributed by atoms with van der Waals surface area (Å²) >= 11 is 1.56. The van der Waals surface area contributed by atoms with Gasteiger partial charge in [-0.2, -0.15) is 0 Å². The first kappa shape index (κ1) is 20.1. The Bertz CT molecular complexity index is 972. The number of fused-ring (bicyclic) bond motifs is 1. The average molecular weight is 413 g/mol. The van der Waals surface area contributed by atoms with Gasteiger partial charge in [-0.15, -0.1) is 11.3 Å². The second kappa shape index (κ2) is 9.07. The fourth-order valence-corrected chi connectivity index (χ4v) is 4.72. The molecule has 4 rings (SSSR count). The molecule has 6 nitrogen and oxygen atoms in total. The van der Waals surface area contributed by atoms with Crippen LogP contribution < -0.4 is 0 Å². The molecular formula is C22H28N4O2S. The number of hydrogen-bond donors (Lipinski definition) is 0. The Kier molecular flexibility index (Phi) is 6.28. The van der Waals surface area contributed by atoms with E-state index in [4.69, 9.17) is 9.72 Å². The van der Waals surface area contributed by atoms with Crippen molar-refractivity contribution >= 4 is 28.1 Å². The minimum Gasteiger partial charge on any atom is -0.383 e. The highest BCUT2D eigenvalue weighted by Gasteiger charge is 2.24. The fraction of sp³-hybridized carbons (Fsp3) is 0.455. The Hall–Kier alpha value is -2.22. The van der Waals surface area contributed by atoms with E-state index in [1.807, 2.05) is 10.3 Å². The molecule has 0 atom stereocenters. The molecule has 0 unspecified atom stereocenters. The molecule has 154 valence electrons. The van der Waals surface area contributed by atoms with Gasteiger partial charge in [0.1, 0.15) is 10.7 Å². The van der Waals surface area contributed by atoms with E-state index in [0.717, 1.165) is 63.0 Å². The number of carbonyl (C=O) groups excluding carboxylic acids is 1. The molecule has 1 aromatic carbocycles. The lowest BCUT2D eigenvalue weighted by atomic mass is 10.2. The maximum absolute atomic E-state index is 13.0. The number of carbonyl (C=O) groups is 1. The standard InChI is InChI=1S/C22H28N4O2S/c1-3-8-26-19-7-5-4-6-17(19)15-20(26)21-23-18(16-29-21)22(27)25-11-9-24(10-12-25)13-14-28-2/h4-7,15-16H,3,8-14H2,1-2H3. The van der Waals surface area contributed by atoms with E-state index >= 15 is 0 Å². The van der Waals surface area contributed by atoms with Crippen LogP contribution in [0.1, 0.15) is 23.8 Å². The summed E-state index contributed by atoms with van der Waals surface area (Å²) in [5.74, 6) is 0.0389. The molecule has 0 radical (unpaired) electrons. The Balaban J connectivity index is 1.51. The zero-order valence-corrected chi connectivity index (χ0v) is 18.0. The molecule has 0 saturated carbocycles. The number of thiazole rings is 1. The van der Waals surface area contributed by atoms with Crippen molar-refractivity contribution in [3.63, 3.8) is 0 Å². The number of aromatic nitrogens is 2. The van der Waals surface area contributed by atoms with Gasteiger partial charge in [-0.1, -0.05) is 25.1 Å². The minimum absolute atomic E-state index is 0.0389. The summed E-state index contributed by atoms with van der Waals surface area (Å²) in [6, 6.07) is 10.6. The summed E-state index contributed by atoms with van der Waals surface area (Å²) in [6.45, 7) is 8.03. The lowest BCUT2D eigenvalue weighted by molar-refractivity contribution is 0.0589. The van der Waals surface area contributed by atoms with Gasteiger partial charge >= 0.3 is 0 Å². The van der Waals surface area contributed by atoms with Gasteiger partial charge in [-0.25, -0.2) is 4.98 Å². The second-order valence-electron chi connectivity index (χ2n) is 7.40. The van der Waals surface area contributed by atoms with E-state index in [1.165, 1.54) is 10.9 Å². The first-order valence-electron chi connectivity index (χ1n) is 10.3. The molecule has 0 bridgehead atoms. The summed E-state index contributed by atoms with van der Waals surface area (Å²) in [4.78, 5) is 22.0. The lowest BCUT2D eigenvalue weighted by Gasteiger charge is -2.34. The van der Waals surface area contributed by atoms with Crippen molar-refractivity contribution in [2.45, 2.75) is 19.9 Å². The van der Waals surface area contributed by atoms with Crippen molar-refractivity contribution in [3.8, 4) is 10.7 Å². The minimum atomic E-state index is 0.0389. The van der Waals surface area contributed by atoms with E-state index in [-0.39, 0.29) is 5.91 Å². The Morgan fingerprint density at radius 3 is 2.72 bits per heavy atom. The predicted octanol–water partition coefficient (Wildman–Crippen LogP) is 3.58. The quantitative estimate of drug-likeness (QED) is 0.595. The Labute approximate surface area is 175 Å². The summed E-state index contributed by atoms with van der Waals surface area (Å²) in [7, 11) is 1.72. The molecule has 3 aromatic rings. The van der Waals surface area contributed by atoms with E-state index < -0.39 is 0 Å². The normalized spacial score (nSPS) is 15.3. The van der Waals surface area contributed by atoms with Crippen LogP contribution in [0.3, 0.4) is 0 Å². The Morgan fingerprint density at radius 1 is 1.17 bits per heavy atom. The van der Waals surface area contributed by atoms with Crippen LogP contribution in [0.2, 0.25) is 0 Å². The highest BCUT2D eigenvalue weighted by atomic mass is 32.1. The van der Waals surface area contributed by atoms with Crippen LogP contribution in [0.4, 0.5) is 0 Å². The highest BCUT2D eigenvalue weighted by Crippen LogP contribution is 2.31. The molecule has 1 saturated heterocycles. The molecule has 1 amide bonds.